The fourth-order valence-corrected chi connectivity index (χ4v) is 3.00. The minimum Gasteiger partial charge on any atom is -0.334 e. The highest BCUT2D eigenvalue weighted by Gasteiger charge is 2.29. The summed E-state index contributed by atoms with van der Waals surface area (Å²) in [5.74, 6) is 2.38. The lowest BCUT2D eigenvalue weighted by Crippen LogP contribution is -2.17. The predicted molar refractivity (Wildman–Crippen MR) is 91.2 cm³/mol. The fraction of sp³-hybridized carbons (Fsp3) is 0.294. The van der Waals surface area contributed by atoms with Crippen molar-refractivity contribution in [1.82, 2.24) is 24.5 Å². The molecule has 0 aliphatic heterocycles. The Kier molecular flexibility index (Phi) is 3.01. The Morgan fingerprint density at radius 3 is 2.92 bits per heavy atom. The molecule has 1 aliphatic carbocycles. The van der Waals surface area contributed by atoms with Gasteiger partial charge in [0.05, 0.1) is 30.7 Å². The average Bonchev–Trinajstić information content (AvgIpc) is 3.18. The first kappa shape index (κ1) is 14.4. The van der Waals surface area contributed by atoms with Crippen LogP contribution in [0.25, 0.3) is 28.0 Å². The Labute approximate surface area is 143 Å². The number of anilines is 1. The number of para-hydroxylation sites is 1. The molecule has 4 aromatic rings. The summed E-state index contributed by atoms with van der Waals surface area (Å²) < 4.78 is 7.49. The van der Waals surface area contributed by atoms with Crippen molar-refractivity contribution in [2.45, 2.75) is 18.8 Å². The monoisotopic (exact) mass is 336 g/mol. The van der Waals surface area contributed by atoms with E-state index >= 15 is 0 Å². The van der Waals surface area contributed by atoms with Gasteiger partial charge in [0.15, 0.2) is 11.6 Å². The Hall–Kier alpha value is -3.00. The van der Waals surface area contributed by atoms with Gasteiger partial charge in [0.1, 0.15) is 11.0 Å². The lowest BCUT2D eigenvalue weighted by molar-refractivity contribution is 0.183. The molecule has 0 spiro atoms. The molecular weight excluding hydrogens is 320 g/mol. The molecule has 0 amide bonds. The van der Waals surface area contributed by atoms with Gasteiger partial charge in [0.25, 0.3) is 5.89 Å². The molecule has 1 fully saturated rings. The summed E-state index contributed by atoms with van der Waals surface area (Å²) in [5, 5.41) is 5.73. The summed E-state index contributed by atoms with van der Waals surface area (Å²) in [7, 11) is 3.41. The van der Waals surface area contributed by atoms with E-state index in [2.05, 4.69) is 15.1 Å². The van der Waals surface area contributed by atoms with E-state index in [4.69, 9.17) is 14.3 Å². The van der Waals surface area contributed by atoms with Crippen molar-refractivity contribution in [1.29, 1.82) is 0 Å². The number of rotatable bonds is 4. The molecule has 0 atom stereocenters. The summed E-state index contributed by atoms with van der Waals surface area (Å²) in [4.78, 5) is 19.0. The summed E-state index contributed by atoms with van der Waals surface area (Å²) in [6.45, 7) is 0. The maximum absolute atomic E-state index is 5.51. The molecule has 0 saturated heterocycles. The molecule has 8 nitrogen and oxygen atoms in total. The molecule has 25 heavy (non-hydrogen) atoms. The van der Waals surface area contributed by atoms with Crippen LogP contribution >= 0.6 is 0 Å². The minimum atomic E-state index is 0.441. The second kappa shape index (κ2) is 5.25. The van der Waals surface area contributed by atoms with E-state index in [-0.39, 0.29) is 0 Å². The molecule has 3 heterocycles. The van der Waals surface area contributed by atoms with Crippen LogP contribution in [-0.4, -0.2) is 38.7 Å². The maximum atomic E-state index is 5.51. The second-order valence-electron chi connectivity index (χ2n) is 6.17. The molecule has 126 valence electrons. The summed E-state index contributed by atoms with van der Waals surface area (Å²) in [6, 6.07) is 5.90. The van der Waals surface area contributed by atoms with Crippen molar-refractivity contribution in [2.24, 2.45) is 0 Å². The molecule has 0 bridgehead atoms. The summed E-state index contributed by atoms with van der Waals surface area (Å²) in [6.07, 6.45) is 5.79. The van der Waals surface area contributed by atoms with Crippen molar-refractivity contribution >= 4 is 22.4 Å². The molecule has 0 radical (unpaired) electrons. The summed E-state index contributed by atoms with van der Waals surface area (Å²) in [5.41, 5.74) is 3.35. The standard InChI is InChI=1S/C17H16N6O2/c1-22(24-2)16-13-8-18-9-23(13)12-5-3-4-11(14(12)19-16)17-20-15(21-25-17)10-6-7-10/h3-5,8-10H,6-7H2,1-2H3. The van der Waals surface area contributed by atoms with Crippen LogP contribution in [0.15, 0.2) is 35.2 Å². The van der Waals surface area contributed by atoms with Gasteiger partial charge in [0.2, 0.25) is 0 Å². The topological polar surface area (TPSA) is 81.6 Å². The van der Waals surface area contributed by atoms with E-state index in [1.165, 1.54) is 0 Å². The minimum absolute atomic E-state index is 0.441. The molecular formula is C17H16N6O2. The third kappa shape index (κ3) is 2.18. The fourth-order valence-electron chi connectivity index (χ4n) is 3.00. The van der Waals surface area contributed by atoms with Gasteiger partial charge >= 0.3 is 0 Å². The second-order valence-corrected chi connectivity index (χ2v) is 6.17. The lowest BCUT2D eigenvalue weighted by atomic mass is 10.1. The van der Waals surface area contributed by atoms with Crippen LogP contribution in [-0.2, 0) is 4.84 Å². The van der Waals surface area contributed by atoms with Gasteiger partial charge in [-0.15, -0.1) is 0 Å². The zero-order valence-electron chi connectivity index (χ0n) is 13.9. The molecule has 1 aliphatic rings. The van der Waals surface area contributed by atoms with Crippen molar-refractivity contribution < 1.29 is 9.36 Å². The van der Waals surface area contributed by atoms with Gasteiger partial charge in [-0.1, -0.05) is 11.2 Å². The number of hydrogen-bond acceptors (Lipinski definition) is 7. The Morgan fingerprint density at radius 1 is 1.24 bits per heavy atom. The van der Waals surface area contributed by atoms with Crippen LogP contribution in [0.5, 0.6) is 0 Å². The zero-order chi connectivity index (χ0) is 17.0. The lowest BCUT2D eigenvalue weighted by Gasteiger charge is -2.17. The molecule has 3 aromatic heterocycles. The smallest absolute Gasteiger partial charge is 0.260 e. The first-order chi connectivity index (χ1) is 12.3. The highest BCUT2D eigenvalue weighted by atomic mass is 16.7. The van der Waals surface area contributed by atoms with E-state index in [1.807, 2.05) is 29.6 Å². The first-order valence-corrected chi connectivity index (χ1v) is 8.13. The van der Waals surface area contributed by atoms with E-state index < -0.39 is 0 Å². The Morgan fingerprint density at radius 2 is 2.12 bits per heavy atom. The van der Waals surface area contributed by atoms with Crippen LogP contribution in [0, 0.1) is 0 Å². The van der Waals surface area contributed by atoms with E-state index in [0.717, 1.165) is 40.8 Å². The predicted octanol–water partition coefficient (Wildman–Crippen LogP) is 2.81. The quantitative estimate of drug-likeness (QED) is 0.530. The largest absolute Gasteiger partial charge is 0.334 e. The maximum Gasteiger partial charge on any atom is 0.260 e. The van der Waals surface area contributed by atoms with Crippen LogP contribution in [0.3, 0.4) is 0 Å². The Balaban J connectivity index is 1.78. The Bertz CT molecular complexity index is 1080. The van der Waals surface area contributed by atoms with Gasteiger partial charge in [-0.2, -0.15) is 4.98 Å². The normalized spacial score (nSPS) is 14.5. The highest BCUT2D eigenvalue weighted by molar-refractivity contribution is 5.93. The average molecular weight is 336 g/mol. The van der Waals surface area contributed by atoms with Gasteiger partial charge in [0, 0.05) is 13.0 Å². The van der Waals surface area contributed by atoms with Gasteiger partial charge in [-0.05, 0) is 25.0 Å². The van der Waals surface area contributed by atoms with Crippen molar-refractivity contribution in [3.8, 4) is 11.5 Å². The third-order valence-corrected chi connectivity index (χ3v) is 4.55. The molecule has 0 N–H and O–H groups in total. The third-order valence-electron chi connectivity index (χ3n) is 4.55. The summed E-state index contributed by atoms with van der Waals surface area (Å²) >= 11 is 0. The van der Waals surface area contributed by atoms with Crippen molar-refractivity contribution in [2.75, 3.05) is 19.2 Å². The number of imidazole rings is 1. The molecule has 0 unspecified atom stereocenters. The number of hydrogen-bond donors (Lipinski definition) is 0. The zero-order valence-corrected chi connectivity index (χ0v) is 13.9. The number of fused-ring (bicyclic) bond motifs is 3. The molecule has 1 saturated carbocycles. The van der Waals surface area contributed by atoms with Crippen LogP contribution in [0.2, 0.25) is 0 Å². The first-order valence-electron chi connectivity index (χ1n) is 8.13. The van der Waals surface area contributed by atoms with E-state index in [1.54, 1.807) is 24.7 Å². The molecule has 1 aromatic carbocycles. The molecule has 5 rings (SSSR count). The van der Waals surface area contributed by atoms with Crippen molar-refractivity contribution in [3.63, 3.8) is 0 Å². The van der Waals surface area contributed by atoms with E-state index in [9.17, 15) is 0 Å². The number of nitrogens with zero attached hydrogens (tertiary/aromatic N) is 6. The number of hydroxylamine groups is 1. The van der Waals surface area contributed by atoms with Crippen LogP contribution in [0.4, 0.5) is 5.82 Å². The van der Waals surface area contributed by atoms with Gasteiger partial charge in [-0.25, -0.2) is 15.0 Å². The number of benzene rings is 1. The van der Waals surface area contributed by atoms with E-state index in [0.29, 0.717) is 17.6 Å². The molecule has 8 heteroatoms. The van der Waals surface area contributed by atoms with Crippen LogP contribution in [0.1, 0.15) is 24.6 Å². The SMILES string of the molecule is CON(C)c1nc2c(-c3nc(C4CC4)no3)cccc2n2cncc12. The van der Waals surface area contributed by atoms with Crippen LogP contribution < -0.4 is 5.06 Å². The van der Waals surface area contributed by atoms with Gasteiger partial charge in [-0.3, -0.25) is 9.24 Å². The van der Waals surface area contributed by atoms with Crippen molar-refractivity contribution in [3.05, 3.63) is 36.5 Å². The highest BCUT2D eigenvalue weighted by Crippen LogP contribution is 2.39. The van der Waals surface area contributed by atoms with Gasteiger partial charge < -0.3 is 4.52 Å². The number of aromatic nitrogens is 5.